The zero-order chi connectivity index (χ0) is 18.4. The molecule has 6 heteroatoms. The summed E-state index contributed by atoms with van der Waals surface area (Å²) in [5.74, 6) is 0.627. The lowest BCUT2D eigenvalue weighted by Crippen LogP contribution is -2.41. The Balaban J connectivity index is 2.19. The fourth-order valence-electron chi connectivity index (χ4n) is 2.67. The molecule has 0 atom stereocenters. The molecular weight excluding hydrogens is 316 g/mol. The molecule has 1 aromatic carbocycles. The lowest BCUT2D eigenvalue weighted by atomic mass is 9.96. The first-order valence-electron chi connectivity index (χ1n) is 8.58. The van der Waals surface area contributed by atoms with Gasteiger partial charge in [0.05, 0.1) is 11.9 Å². The van der Waals surface area contributed by atoms with Crippen molar-refractivity contribution in [2.24, 2.45) is 5.41 Å². The van der Waals surface area contributed by atoms with E-state index < -0.39 is 0 Å². The molecule has 1 heterocycles. The van der Waals surface area contributed by atoms with Crippen LogP contribution in [0.15, 0.2) is 36.5 Å². The summed E-state index contributed by atoms with van der Waals surface area (Å²) in [5.41, 5.74) is 1.98. The summed E-state index contributed by atoms with van der Waals surface area (Å²) in [5, 5.41) is 16.4. The van der Waals surface area contributed by atoms with Gasteiger partial charge in [0.15, 0.2) is 0 Å². The van der Waals surface area contributed by atoms with Gasteiger partial charge in [0.25, 0.3) is 0 Å². The van der Waals surface area contributed by atoms with Gasteiger partial charge in [-0.05, 0) is 30.4 Å². The Morgan fingerprint density at radius 1 is 1.28 bits per heavy atom. The monoisotopic (exact) mass is 344 g/mol. The standard InChI is InChI=1S/C19H28N4O2/c1-15-8-5-6-9-16(15)23-17(10-11-20-23)21-18(25)22(12-7-13-24)14-19(2,3)4/h5-6,8-11,24H,7,12-14H2,1-4H3,(H,21,25). The number of anilines is 1. The molecule has 6 nitrogen and oxygen atoms in total. The molecule has 0 radical (unpaired) electrons. The van der Waals surface area contributed by atoms with E-state index in [1.165, 1.54) is 0 Å². The molecule has 0 spiro atoms. The summed E-state index contributed by atoms with van der Waals surface area (Å²) in [6, 6.07) is 9.50. The topological polar surface area (TPSA) is 70.4 Å². The Bertz CT molecular complexity index is 703. The highest BCUT2D eigenvalue weighted by atomic mass is 16.3. The predicted octanol–water partition coefficient (Wildman–Crippen LogP) is 3.44. The smallest absolute Gasteiger partial charge is 0.323 e. The molecule has 1 aromatic heterocycles. The highest BCUT2D eigenvalue weighted by Gasteiger charge is 2.22. The number of hydrogen-bond acceptors (Lipinski definition) is 3. The van der Waals surface area contributed by atoms with Gasteiger partial charge in [0.1, 0.15) is 5.82 Å². The molecule has 0 bridgehead atoms. The van der Waals surface area contributed by atoms with Gasteiger partial charge in [0.2, 0.25) is 0 Å². The van der Waals surface area contributed by atoms with E-state index in [0.717, 1.165) is 11.3 Å². The number of nitrogens with one attached hydrogen (secondary N) is 1. The molecule has 2 N–H and O–H groups in total. The SMILES string of the molecule is Cc1ccccc1-n1nccc1NC(=O)N(CCCO)CC(C)(C)C. The molecule has 0 aliphatic carbocycles. The normalized spacial score (nSPS) is 11.4. The number of aromatic nitrogens is 2. The molecule has 0 unspecified atom stereocenters. The van der Waals surface area contributed by atoms with Gasteiger partial charge in [-0.15, -0.1) is 0 Å². The quantitative estimate of drug-likeness (QED) is 0.843. The Morgan fingerprint density at radius 3 is 2.64 bits per heavy atom. The van der Waals surface area contributed by atoms with Crippen LogP contribution in [0.1, 0.15) is 32.8 Å². The Labute approximate surface area is 149 Å². The van der Waals surface area contributed by atoms with Gasteiger partial charge in [-0.2, -0.15) is 5.10 Å². The van der Waals surface area contributed by atoms with Crippen molar-refractivity contribution in [3.8, 4) is 5.69 Å². The second kappa shape index (κ2) is 8.16. The minimum absolute atomic E-state index is 0.0247. The van der Waals surface area contributed by atoms with Crippen LogP contribution in [-0.2, 0) is 0 Å². The summed E-state index contributed by atoms with van der Waals surface area (Å²) >= 11 is 0. The number of carbonyl (C=O) groups is 1. The number of rotatable bonds is 6. The summed E-state index contributed by atoms with van der Waals surface area (Å²) in [6.07, 6.45) is 2.23. The van der Waals surface area contributed by atoms with Crippen LogP contribution in [0, 0.1) is 12.3 Å². The van der Waals surface area contributed by atoms with E-state index in [4.69, 9.17) is 5.11 Å². The second-order valence-electron chi connectivity index (χ2n) is 7.40. The minimum atomic E-state index is -0.182. The predicted molar refractivity (Wildman–Crippen MR) is 100 cm³/mol. The van der Waals surface area contributed by atoms with Crippen molar-refractivity contribution in [1.29, 1.82) is 0 Å². The largest absolute Gasteiger partial charge is 0.396 e. The Morgan fingerprint density at radius 2 is 2.00 bits per heavy atom. The summed E-state index contributed by atoms with van der Waals surface area (Å²) < 4.78 is 1.73. The van der Waals surface area contributed by atoms with Crippen LogP contribution in [0.25, 0.3) is 5.69 Å². The van der Waals surface area contributed by atoms with E-state index >= 15 is 0 Å². The van der Waals surface area contributed by atoms with Gasteiger partial charge in [0, 0.05) is 25.8 Å². The van der Waals surface area contributed by atoms with Crippen molar-refractivity contribution in [3.63, 3.8) is 0 Å². The average Bonchev–Trinajstić information content (AvgIpc) is 2.98. The zero-order valence-electron chi connectivity index (χ0n) is 15.5. The van der Waals surface area contributed by atoms with Crippen molar-refractivity contribution in [2.45, 2.75) is 34.1 Å². The number of aryl methyl sites for hydroxylation is 1. The van der Waals surface area contributed by atoms with Crippen molar-refractivity contribution in [3.05, 3.63) is 42.1 Å². The molecule has 0 aliphatic rings. The molecule has 2 rings (SSSR count). The number of nitrogens with zero attached hydrogens (tertiary/aromatic N) is 3. The molecule has 0 fully saturated rings. The van der Waals surface area contributed by atoms with Crippen LogP contribution in [0.3, 0.4) is 0 Å². The van der Waals surface area contributed by atoms with Crippen LogP contribution in [0.4, 0.5) is 10.6 Å². The van der Waals surface area contributed by atoms with Gasteiger partial charge in [-0.25, -0.2) is 9.48 Å². The van der Waals surface area contributed by atoms with Gasteiger partial charge >= 0.3 is 6.03 Å². The maximum atomic E-state index is 12.8. The number of para-hydroxylation sites is 1. The van der Waals surface area contributed by atoms with E-state index in [9.17, 15) is 4.79 Å². The van der Waals surface area contributed by atoms with Crippen molar-refractivity contribution in [1.82, 2.24) is 14.7 Å². The third-order valence-electron chi connectivity index (χ3n) is 3.76. The lowest BCUT2D eigenvalue weighted by Gasteiger charge is -2.30. The fourth-order valence-corrected chi connectivity index (χ4v) is 2.67. The number of aliphatic hydroxyl groups is 1. The van der Waals surface area contributed by atoms with E-state index in [1.807, 2.05) is 31.2 Å². The number of carbonyl (C=O) groups excluding carboxylic acids is 1. The lowest BCUT2D eigenvalue weighted by molar-refractivity contribution is 0.176. The number of urea groups is 1. The summed E-state index contributed by atoms with van der Waals surface area (Å²) in [6.45, 7) is 9.46. The first-order valence-corrected chi connectivity index (χ1v) is 8.58. The minimum Gasteiger partial charge on any atom is -0.396 e. The molecule has 0 saturated heterocycles. The first kappa shape index (κ1) is 19.0. The highest BCUT2D eigenvalue weighted by molar-refractivity contribution is 5.88. The highest BCUT2D eigenvalue weighted by Crippen LogP contribution is 2.20. The molecule has 25 heavy (non-hydrogen) atoms. The number of aliphatic hydroxyl groups excluding tert-OH is 1. The van der Waals surface area contributed by atoms with Crippen molar-refractivity contribution < 1.29 is 9.90 Å². The molecule has 2 aromatic rings. The van der Waals surface area contributed by atoms with Crippen LogP contribution in [0.5, 0.6) is 0 Å². The Kier molecular flexibility index (Phi) is 6.20. The maximum Gasteiger partial charge on any atom is 0.323 e. The van der Waals surface area contributed by atoms with Gasteiger partial charge in [-0.1, -0.05) is 39.0 Å². The molecular formula is C19H28N4O2. The van der Waals surface area contributed by atoms with Crippen LogP contribution in [-0.4, -0.2) is 45.5 Å². The van der Waals surface area contributed by atoms with E-state index in [0.29, 0.717) is 25.3 Å². The van der Waals surface area contributed by atoms with E-state index in [1.54, 1.807) is 21.8 Å². The van der Waals surface area contributed by atoms with Gasteiger partial charge in [-0.3, -0.25) is 5.32 Å². The third-order valence-corrected chi connectivity index (χ3v) is 3.76. The number of amides is 2. The van der Waals surface area contributed by atoms with Crippen LogP contribution >= 0.6 is 0 Å². The van der Waals surface area contributed by atoms with Crippen LogP contribution in [0.2, 0.25) is 0 Å². The van der Waals surface area contributed by atoms with Crippen molar-refractivity contribution in [2.75, 3.05) is 25.0 Å². The van der Waals surface area contributed by atoms with E-state index in [2.05, 4.69) is 31.2 Å². The molecule has 136 valence electrons. The fraction of sp³-hybridized carbons (Fsp3) is 0.474. The average molecular weight is 344 g/mol. The zero-order valence-corrected chi connectivity index (χ0v) is 15.5. The third kappa shape index (κ3) is 5.32. The first-order chi connectivity index (χ1) is 11.8. The second-order valence-corrected chi connectivity index (χ2v) is 7.40. The summed E-state index contributed by atoms with van der Waals surface area (Å²) in [4.78, 5) is 14.5. The maximum absolute atomic E-state index is 12.8. The molecule has 2 amide bonds. The van der Waals surface area contributed by atoms with Gasteiger partial charge < -0.3 is 10.0 Å². The molecule has 0 aliphatic heterocycles. The van der Waals surface area contributed by atoms with E-state index in [-0.39, 0.29) is 18.1 Å². The van der Waals surface area contributed by atoms with Crippen molar-refractivity contribution >= 4 is 11.8 Å². The Hall–Kier alpha value is -2.34. The summed E-state index contributed by atoms with van der Waals surface area (Å²) in [7, 11) is 0. The number of hydrogen-bond donors (Lipinski definition) is 2. The number of benzene rings is 1. The molecule has 0 saturated carbocycles. The van der Waals surface area contributed by atoms with Crippen LogP contribution < -0.4 is 5.32 Å².